The van der Waals surface area contributed by atoms with E-state index in [1.807, 2.05) is 0 Å². The van der Waals surface area contributed by atoms with E-state index >= 15 is 0 Å². The summed E-state index contributed by atoms with van der Waals surface area (Å²) in [6.45, 7) is 4.00. The van der Waals surface area contributed by atoms with Gasteiger partial charge in [0.05, 0.1) is 0 Å². The van der Waals surface area contributed by atoms with Crippen molar-refractivity contribution in [3.05, 3.63) is 12.2 Å². The van der Waals surface area contributed by atoms with Gasteiger partial charge in [-0.1, -0.05) is 12.2 Å². The molecule has 80 valence electrons. The molecule has 15 heavy (non-hydrogen) atoms. The first kappa shape index (κ1) is 9.32. The highest BCUT2D eigenvalue weighted by atomic mass is 16.1. The van der Waals surface area contributed by atoms with Gasteiger partial charge in [0.15, 0.2) is 0 Å². The average molecular weight is 204 g/mol. The summed E-state index contributed by atoms with van der Waals surface area (Å²) in [5, 5.41) is 0. The Morgan fingerprint density at radius 3 is 1.67 bits per heavy atom. The van der Waals surface area contributed by atoms with Crippen molar-refractivity contribution in [3.63, 3.8) is 0 Å². The number of ketones is 2. The Labute approximate surface area is 89.7 Å². The van der Waals surface area contributed by atoms with Crippen molar-refractivity contribution in [2.45, 2.75) is 32.1 Å². The molecule has 2 unspecified atom stereocenters. The van der Waals surface area contributed by atoms with Crippen LogP contribution in [0.3, 0.4) is 0 Å². The quantitative estimate of drug-likeness (QED) is 0.566. The summed E-state index contributed by atoms with van der Waals surface area (Å²) in [7, 11) is 0. The number of carbonyl (C=O) groups is 2. The summed E-state index contributed by atoms with van der Waals surface area (Å²) in [4.78, 5) is 24.1. The summed E-state index contributed by atoms with van der Waals surface area (Å²) in [5.74, 6) is 1.47. The summed E-state index contributed by atoms with van der Waals surface area (Å²) >= 11 is 0. The molecule has 4 atom stereocenters. The van der Waals surface area contributed by atoms with E-state index in [1.54, 1.807) is 0 Å². The summed E-state index contributed by atoms with van der Waals surface area (Å²) in [6.07, 6.45) is 4.15. The van der Waals surface area contributed by atoms with Gasteiger partial charge in [-0.15, -0.1) is 0 Å². The van der Waals surface area contributed by atoms with E-state index in [0.29, 0.717) is 11.6 Å². The van der Waals surface area contributed by atoms with Crippen LogP contribution >= 0.6 is 0 Å². The molecule has 4 bridgehead atoms. The van der Waals surface area contributed by atoms with Gasteiger partial charge >= 0.3 is 0 Å². The molecule has 0 aromatic carbocycles. The number of hydrogen-bond acceptors (Lipinski definition) is 2. The lowest BCUT2D eigenvalue weighted by Crippen LogP contribution is -2.46. The minimum absolute atomic E-state index is 0.117. The third-order valence-electron chi connectivity index (χ3n) is 4.39. The van der Waals surface area contributed by atoms with Crippen LogP contribution in [0, 0.1) is 23.7 Å². The minimum Gasteiger partial charge on any atom is -0.299 e. The first-order valence-corrected chi connectivity index (χ1v) is 5.89. The minimum atomic E-state index is 0.117. The van der Waals surface area contributed by atoms with Crippen LogP contribution in [0.25, 0.3) is 0 Å². The van der Waals surface area contributed by atoms with Crippen molar-refractivity contribution < 1.29 is 9.59 Å². The van der Waals surface area contributed by atoms with Crippen molar-refractivity contribution in [2.24, 2.45) is 23.7 Å². The molecule has 0 aromatic rings. The van der Waals surface area contributed by atoms with Gasteiger partial charge in [-0.05, 0) is 32.1 Å². The number of hydrogen-bond donors (Lipinski definition) is 0. The molecule has 4 aliphatic carbocycles. The lowest BCUT2D eigenvalue weighted by Gasteiger charge is -2.43. The first-order valence-electron chi connectivity index (χ1n) is 5.89. The van der Waals surface area contributed by atoms with Crippen molar-refractivity contribution in [3.8, 4) is 0 Å². The standard InChI is InChI=1S/C13H16O2/c1-7-2-8-4-10-6-11(12(8)14)5-9(3-7)13(10)15/h8-11H,1-6H2/t8?,9?,10-,11-/m1/s1. The number of carbonyl (C=O) groups excluding carboxylic acids is 2. The van der Waals surface area contributed by atoms with Crippen LogP contribution in [-0.4, -0.2) is 11.6 Å². The predicted octanol–water partition coefficient (Wildman–Crippen LogP) is 2.14. The second kappa shape index (κ2) is 3.03. The Morgan fingerprint density at radius 2 is 1.20 bits per heavy atom. The molecular formula is C13H16O2. The van der Waals surface area contributed by atoms with Gasteiger partial charge in [0.1, 0.15) is 11.6 Å². The highest BCUT2D eigenvalue weighted by Gasteiger charge is 2.47. The highest BCUT2D eigenvalue weighted by Crippen LogP contribution is 2.47. The Hall–Kier alpha value is -0.920. The van der Waals surface area contributed by atoms with E-state index in [-0.39, 0.29) is 23.7 Å². The molecular weight excluding hydrogens is 188 g/mol. The van der Waals surface area contributed by atoms with Gasteiger partial charge in [-0.3, -0.25) is 9.59 Å². The van der Waals surface area contributed by atoms with Crippen LogP contribution in [0.5, 0.6) is 0 Å². The lowest BCUT2D eigenvalue weighted by atomic mass is 9.59. The van der Waals surface area contributed by atoms with Crippen molar-refractivity contribution in [2.75, 3.05) is 0 Å². The Morgan fingerprint density at radius 1 is 0.800 bits per heavy atom. The van der Waals surface area contributed by atoms with Gasteiger partial charge in [-0.25, -0.2) is 0 Å². The van der Waals surface area contributed by atoms with Gasteiger partial charge < -0.3 is 0 Å². The van der Waals surface area contributed by atoms with Crippen LogP contribution in [0.15, 0.2) is 12.2 Å². The van der Waals surface area contributed by atoms with Crippen LogP contribution in [-0.2, 0) is 9.59 Å². The fourth-order valence-corrected chi connectivity index (χ4v) is 3.73. The second-order valence-corrected chi connectivity index (χ2v) is 5.46. The molecule has 4 aliphatic rings. The van der Waals surface area contributed by atoms with Crippen LogP contribution in [0.4, 0.5) is 0 Å². The zero-order chi connectivity index (χ0) is 10.6. The van der Waals surface area contributed by atoms with E-state index in [2.05, 4.69) is 6.58 Å². The van der Waals surface area contributed by atoms with E-state index in [1.165, 1.54) is 0 Å². The molecule has 0 N–H and O–H groups in total. The molecule has 0 aromatic heterocycles. The zero-order valence-corrected chi connectivity index (χ0v) is 8.87. The molecule has 0 aliphatic heterocycles. The topological polar surface area (TPSA) is 34.1 Å². The lowest BCUT2D eigenvalue weighted by molar-refractivity contribution is -0.143. The third-order valence-corrected chi connectivity index (χ3v) is 4.39. The summed E-state index contributed by atoms with van der Waals surface area (Å²) in [5.41, 5.74) is 1.12. The molecule has 4 rings (SSSR count). The Bertz CT molecular complexity index is 324. The molecule has 4 saturated carbocycles. The van der Waals surface area contributed by atoms with Gasteiger partial charge in [0.2, 0.25) is 0 Å². The van der Waals surface area contributed by atoms with E-state index in [9.17, 15) is 9.59 Å². The van der Waals surface area contributed by atoms with Crippen molar-refractivity contribution >= 4 is 11.6 Å². The molecule has 0 radical (unpaired) electrons. The predicted molar refractivity (Wildman–Crippen MR) is 56.2 cm³/mol. The molecule has 4 fully saturated rings. The SMILES string of the molecule is C=C1CC2C[C@@H]3C[C@@H](CC(C1)C3=O)C2=O. The average Bonchev–Trinajstić information content (AvgIpc) is 2.20. The van der Waals surface area contributed by atoms with Gasteiger partial charge in [0, 0.05) is 23.7 Å². The number of fused-ring (bicyclic) bond motifs is 2. The number of Topliss-reactive ketones (excluding diaryl/α,β-unsaturated/α-hetero) is 2. The molecule has 0 heterocycles. The first-order chi connectivity index (χ1) is 7.15. The smallest absolute Gasteiger partial charge is 0.139 e. The fourth-order valence-electron chi connectivity index (χ4n) is 3.73. The van der Waals surface area contributed by atoms with Crippen LogP contribution in [0.2, 0.25) is 0 Å². The van der Waals surface area contributed by atoms with Crippen LogP contribution in [0.1, 0.15) is 32.1 Å². The highest BCUT2D eigenvalue weighted by molar-refractivity contribution is 5.93. The summed E-state index contributed by atoms with van der Waals surface area (Å²) in [6, 6.07) is 0. The maximum atomic E-state index is 12.0. The zero-order valence-electron chi connectivity index (χ0n) is 8.87. The maximum Gasteiger partial charge on any atom is 0.139 e. The van der Waals surface area contributed by atoms with Gasteiger partial charge in [0.25, 0.3) is 0 Å². The van der Waals surface area contributed by atoms with Gasteiger partial charge in [-0.2, -0.15) is 0 Å². The largest absolute Gasteiger partial charge is 0.299 e. The molecule has 0 spiro atoms. The normalized spacial score (nSPS) is 44.4. The Kier molecular flexibility index (Phi) is 1.88. The van der Waals surface area contributed by atoms with E-state index < -0.39 is 0 Å². The molecule has 0 saturated heterocycles. The summed E-state index contributed by atoms with van der Waals surface area (Å²) < 4.78 is 0. The van der Waals surface area contributed by atoms with Crippen molar-refractivity contribution in [1.29, 1.82) is 0 Å². The molecule has 2 nitrogen and oxygen atoms in total. The fraction of sp³-hybridized carbons (Fsp3) is 0.692. The number of allylic oxidation sites excluding steroid dienone is 1. The molecule has 0 amide bonds. The second-order valence-electron chi connectivity index (χ2n) is 5.46. The van der Waals surface area contributed by atoms with E-state index in [4.69, 9.17) is 0 Å². The number of rotatable bonds is 0. The monoisotopic (exact) mass is 204 g/mol. The maximum absolute atomic E-state index is 12.0. The van der Waals surface area contributed by atoms with Crippen LogP contribution < -0.4 is 0 Å². The molecule has 2 heteroatoms. The third kappa shape index (κ3) is 1.30. The Balaban J connectivity index is 2.01. The van der Waals surface area contributed by atoms with Crippen molar-refractivity contribution in [1.82, 2.24) is 0 Å². The van der Waals surface area contributed by atoms with E-state index in [0.717, 1.165) is 37.7 Å².